The van der Waals surface area contributed by atoms with Gasteiger partial charge in [-0.2, -0.15) is 0 Å². The molecule has 1 atom stereocenters. The molecule has 2 aromatic carbocycles. The average Bonchev–Trinajstić information content (AvgIpc) is 2.89. The van der Waals surface area contributed by atoms with Crippen LogP contribution in [0.1, 0.15) is 40.7 Å². The van der Waals surface area contributed by atoms with Crippen molar-refractivity contribution in [3.8, 4) is 0 Å². The van der Waals surface area contributed by atoms with Gasteiger partial charge in [-0.05, 0) is 29.1 Å². The molecule has 0 saturated heterocycles. The van der Waals surface area contributed by atoms with Crippen molar-refractivity contribution >= 4 is 18.0 Å². The second-order valence-corrected chi connectivity index (χ2v) is 7.89. The summed E-state index contributed by atoms with van der Waals surface area (Å²) in [6.07, 6.45) is 4.08. The summed E-state index contributed by atoms with van der Waals surface area (Å²) in [5, 5.41) is 6.78. The van der Waals surface area contributed by atoms with E-state index < -0.39 is 24.0 Å². The Morgan fingerprint density at radius 3 is 2.09 bits per heavy atom. The Hall–Kier alpha value is -4.27. The average molecular weight is 478 g/mol. The van der Waals surface area contributed by atoms with E-state index in [0.717, 1.165) is 11.1 Å². The van der Waals surface area contributed by atoms with Gasteiger partial charge in [0.25, 0.3) is 5.91 Å². The van der Waals surface area contributed by atoms with E-state index in [1.54, 1.807) is 16.9 Å². The van der Waals surface area contributed by atoms with Gasteiger partial charge >= 0.3 is 12.1 Å². The van der Waals surface area contributed by atoms with Crippen LogP contribution in [0.4, 0.5) is 4.79 Å². The molecule has 0 radical (unpaired) electrons. The SMILES string of the molecule is NC(=O)c1cc[n+](CCCC[C@H](NC(=O)OCc2ccccc2)C(=O)OCc2ccccc2)nc1. The predicted molar refractivity (Wildman–Crippen MR) is 127 cm³/mol. The second-order valence-electron chi connectivity index (χ2n) is 7.89. The minimum atomic E-state index is -0.850. The monoisotopic (exact) mass is 477 g/mol. The third kappa shape index (κ3) is 8.88. The summed E-state index contributed by atoms with van der Waals surface area (Å²) in [5.74, 6) is -1.06. The Labute approximate surface area is 203 Å². The number of unbranched alkanes of at least 4 members (excludes halogenated alkanes) is 1. The maximum Gasteiger partial charge on any atom is 0.408 e. The number of hydrogen-bond acceptors (Lipinski definition) is 6. The van der Waals surface area contributed by atoms with E-state index in [0.29, 0.717) is 31.4 Å². The molecule has 1 heterocycles. The van der Waals surface area contributed by atoms with Gasteiger partial charge in [0.15, 0.2) is 12.7 Å². The molecule has 0 fully saturated rings. The van der Waals surface area contributed by atoms with E-state index in [2.05, 4.69) is 10.4 Å². The van der Waals surface area contributed by atoms with E-state index in [9.17, 15) is 14.4 Å². The zero-order valence-electron chi connectivity index (χ0n) is 19.3. The molecule has 0 aliphatic carbocycles. The molecule has 0 aliphatic heterocycles. The standard InChI is InChI=1S/C26H28N4O5/c27-24(31)22-14-16-30(28-17-22)15-8-7-13-23(25(32)34-18-20-9-3-1-4-10-20)29-26(33)35-19-21-11-5-2-6-12-21/h1-6,9-12,14,16-17,23H,7-8,13,15,18-19H2,(H2-,27,29,31,33)/p+1/t23-/m0/s1. The van der Waals surface area contributed by atoms with Gasteiger partial charge in [-0.1, -0.05) is 65.3 Å². The van der Waals surface area contributed by atoms with Crippen LogP contribution in [0.3, 0.4) is 0 Å². The van der Waals surface area contributed by atoms with Crippen molar-refractivity contribution in [1.29, 1.82) is 0 Å². The Morgan fingerprint density at radius 2 is 1.51 bits per heavy atom. The fraction of sp³-hybridized carbons (Fsp3) is 0.269. The zero-order chi connectivity index (χ0) is 24.9. The molecule has 0 bridgehead atoms. The number of ether oxygens (including phenoxy) is 2. The number of nitrogens with two attached hydrogens (primary N) is 1. The molecule has 3 aromatic rings. The number of rotatable bonds is 12. The lowest BCUT2D eigenvalue weighted by atomic mass is 10.1. The second kappa shape index (κ2) is 13.4. The van der Waals surface area contributed by atoms with Gasteiger partial charge in [0.1, 0.15) is 25.5 Å². The first-order valence-electron chi connectivity index (χ1n) is 11.3. The summed E-state index contributed by atoms with van der Waals surface area (Å²) in [4.78, 5) is 36.2. The van der Waals surface area contributed by atoms with Crippen LogP contribution in [0, 0.1) is 0 Å². The summed E-state index contributed by atoms with van der Waals surface area (Å²) in [5.41, 5.74) is 7.26. The Kier molecular flexibility index (Phi) is 9.74. The number of amides is 2. The molecular weight excluding hydrogens is 448 g/mol. The smallest absolute Gasteiger partial charge is 0.408 e. The lowest BCUT2D eigenvalue weighted by Crippen LogP contribution is -2.42. The van der Waals surface area contributed by atoms with Crippen LogP contribution in [0.15, 0.2) is 79.1 Å². The van der Waals surface area contributed by atoms with Crippen molar-refractivity contribution in [2.24, 2.45) is 5.73 Å². The summed E-state index contributed by atoms with van der Waals surface area (Å²) < 4.78 is 12.4. The molecule has 2 amide bonds. The van der Waals surface area contributed by atoms with E-state index in [1.807, 2.05) is 60.7 Å². The number of carbonyl (C=O) groups excluding carboxylic acids is 3. The Balaban J connectivity index is 1.51. The van der Waals surface area contributed by atoms with Crippen LogP contribution in [-0.2, 0) is 34.0 Å². The van der Waals surface area contributed by atoms with Crippen LogP contribution in [0.2, 0.25) is 0 Å². The summed E-state index contributed by atoms with van der Waals surface area (Å²) in [7, 11) is 0. The van der Waals surface area contributed by atoms with Gasteiger partial charge in [-0.25, -0.2) is 9.59 Å². The number of primary amides is 1. The molecule has 0 saturated carbocycles. The highest BCUT2D eigenvalue weighted by Gasteiger charge is 2.23. The molecule has 9 heteroatoms. The molecule has 9 nitrogen and oxygen atoms in total. The predicted octanol–water partition coefficient (Wildman–Crippen LogP) is 2.68. The van der Waals surface area contributed by atoms with Crippen molar-refractivity contribution in [3.63, 3.8) is 0 Å². The third-order valence-corrected chi connectivity index (χ3v) is 5.20. The molecule has 182 valence electrons. The molecule has 0 spiro atoms. The number of benzene rings is 2. The lowest BCUT2D eigenvalue weighted by molar-refractivity contribution is -0.754. The molecule has 0 unspecified atom stereocenters. The quantitative estimate of drug-likeness (QED) is 0.235. The fourth-order valence-corrected chi connectivity index (χ4v) is 3.27. The van der Waals surface area contributed by atoms with Gasteiger partial charge in [-0.3, -0.25) is 4.79 Å². The van der Waals surface area contributed by atoms with E-state index >= 15 is 0 Å². The summed E-state index contributed by atoms with van der Waals surface area (Å²) in [6.45, 7) is 0.786. The number of esters is 1. The highest BCUT2D eigenvalue weighted by Crippen LogP contribution is 2.08. The normalized spacial score (nSPS) is 11.3. The van der Waals surface area contributed by atoms with Gasteiger partial charge in [0, 0.05) is 12.5 Å². The minimum absolute atomic E-state index is 0.0993. The van der Waals surface area contributed by atoms with Crippen LogP contribution in [0.5, 0.6) is 0 Å². The zero-order valence-corrected chi connectivity index (χ0v) is 19.3. The van der Waals surface area contributed by atoms with Crippen molar-refractivity contribution in [2.75, 3.05) is 0 Å². The molecule has 3 N–H and O–H groups in total. The van der Waals surface area contributed by atoms with Gasteiger partial charge < -0.3 is 20.5 Å². The number of aryl methyl sites for hydroxylation is 1. The number of aromatic nitrogens is 2. The first-order valence-corrected chi connectivity index (χ1v) is 11.3. The van der Waals surface area contributed by atoms with Crippen molar-refractivity contribution < 1.29 is 28.5 Å². The molecule has 35 heavy (non-hydrogen) atoms. The fourth-order valence-electron chi connectivity index (χ4n) is 3.27. The highest BCUT2D eigenvalue weighted by atomic mass is 16.6. The Bertz CT molecular complexity index is 1090. The lowest BCUT2D eigenvalue weighted by Gasteiger charge is -2.17. The van der Waals surface area contributed by atoms with Crippen molar-refractivity contribution in [1.82, 2.24) is 10.4 Å². The van der Waals surface area contributed by atoms with Crippen molar-refractivity contribution in [2.45, 2.75) is 45.1 Å². The topological polar surface area (TPSA) is 124 Å². The molecule has 0 aliphatic rings. The number of nitrogens with one attached hydrogen (secondary N) is 1. The Morgan fingerprint density at radius 1 is 0.886 bits per heavy atom. The maximum atomic E-state index is 12.7. The minimum Gasteiger partial charge on any atom is -0.459 e. The van der Waals surface area contributed by atoms with Crippen LogP contribution in [-0.4, -0.2) is 29.1 Å². The van der Waals surface area contributed by atoms with Crippen LogP contribution in [0.25, 0.3) is 0 Å². The highest BCUT2D eigenvalue weighted by molar-refractivity contribution is 5.92. The van der Waals surface area contributed by atoms with E-state index in [-0.39, 0.29) is 13.2 Å². The first kappa shape index (κ1) is 25.4. The number of hydrogen-bond donors (Lipinski definition) is 2. The van der Waals surface area contributed by atoms with Gasteiger partial charge in [-0.15, -0.1) is 0 Å². The molecular formula is C26H29N4O5+. The van der Waals surface area contributed by atoms with Crippen LogP contribution < -0.4 is 15.7 Å². The van der Waals surface area contributed by atoms with E-state index in [4.69, 9.17) is 15.2 Å². The van der Waals surface area contributed by atoms with Gasteiger partial charge in [0.2, 0.25) is 0 Å². The number of carbonyl (C=O) groups is 3. The third-order valence-electron chi connectivity index (χ3n) is 5.20. The van der Waals surface area contributed by atoms with Crippen molar-refractivity contribution in [3.05, 3.63) is 95.8 Å². The van der Waals surface area contributed by atoms with Crippen LogP contribution >= 0.6 is 0 Å². The maximum absolute atomic E-state index is 12.7. The largest absolute Gasteiger partial charge is 0.459 e. The molecule has 3 rings (SSSR count). The number of nitrogens with zero attached hydrogens (tertiary/aromatic N) is 2. The number of alkyl carbamates (subject to hydrolysis) is 1. The summed E-state index contributed by atoms with van der Waals surface area (Å²) >= 11 is 0. The summed E-state index contributed by atoms with van der Waals surface area (Å²) in [6, 6.07) is 19.4. The van der Waals surface area contributed by atoms with Gasteiger partial charge in [0.05, 0.1) is 5.56 Å². The van der Waals surface area contributed by atoms with E-state index in [1.165, 1.54) is 6.20 Å². The molecule has 1 aromatic heterocycles. The first-order chi connectivity index (χ1) is 17.0.